The van der Waals surface area contributed by atoms with E-state index in [1.54, 1.807) is 0 Å². The number of benzene rings is 1. The van der Waals surface area contributed by atoms with Gasteiger partial charge < -0.3 is 14.6 Å². The number of para-hydroxylation sites is 2. The maximum atomic E-state index is 12.6. The van der Waals surface area contributed by atoms with Crippen molar-refractivity contribution in [2.75, 3.05) is 25.0 Å². The van der Waals surface area contributed by atoms with Gasteiger partial charge in [-0.1, -0.05) is 26.0 Å². The Labute approximate surface area is 162 Å². The molecule has 0 aliphatic rings. The molecule has 2 aromatic heterocycles. The summed E-state index contributed by atoms with van der Waals surface area (Å²) in [5.74, 6) is -0.936. The molecule has 0 fully saturated rings. The maximum absolute atomic E-state index is 12.6. The van der Waals surface area contributed by atoms with Crippen LogP contribution in [0.25, 0.3) is 11.0 Å². The van der Waals surface area contributed by atoms with Gasteiger partial charge in [0.15, 0.2) is 0 Å². The first-order chi connectivity index (χ1) is 13.5. The van der Waals surface area contributed by atoms with E-state index in [9.17, 15) is 9.59 Å². The molecule has 148 valence electrons. The third-order valence-electron chi connectivity index (χ3n) is 4.61. The summed E-state index contributed by atoms with van der Waals surface area (Å²) >= 11 is 0. The minimum absolute atomic E-state index is 0.281. The Morgan fingerprint density at radius 3 is 2.68 bits per heavy atom. The molecule has 2 heterocycles. The lowest BCUT2D eigenvalue weighted by Gasteiger charge is -2.19. The van der Waals surface area contributed by atoms with Crippen molar-refractivity contribution >= 4 is 28.9 Å². The SMILES string of the molecule is CCN(CC)CCn1c(NC(=O)c2cnn(CC(=O)O)c2)nc2ccccc21. The molecule has 0 saturated heterocycles. The number of hydrogen-bond donors (Lipinski definition) is 2. The quantitative estimate of drug-likeness (QED) is 0.584. The first-order valence-electron chi connectivity index (χ1n) is 9.25. The van der Waals surface area contributed by atoms with Crippen molar-refractivity contribution in [3.63, 3.8) is 0 Å². The molecule has 9 nitrogen and oxygen atoms in total. The van der Waals surface area contributed by atoms with E-state index < -0.39 is 5.97 Å². The van der Waals surface area contributed by atoms with Crippen molar-refractivity contribution in [1.82, 2.24) is 24.2 Å². The molecule has 1 aromatic carbocycles. The number of aromatic nitrogens is 4. The zero-order chi connectivity index (χ0) is 20.1. The average Bonchev–Trinajstić information content (AvgIpc) is 3.27. The van der Waals surface area contributed by atoms with Gasteiger partial charge in [-0.3, -0.25) is 19.6 Å². The van der Waals surface area contributed by atoms with Crippen LogP contribution in [0.2, 0.25) is 0 Å². The fourth-order valence-corrected chi connectivity index (χ4v) is 3.06. The monoisotopic (exact) mass is 384 g/mol. The molecule has 0 saturated carbocycles. The summed E-state index contributed by atoms with van der Waals surface area (Å²) in [5.41, 5.74) is 2.04. The molecule has 2 N–H and O–H groups in total. The van der Waals surface area contributed by atoms with Crippen LogP contribution < -0.4 is 5.32 Å². The Morgan fingerprint density at radius 1 is 1.21 bits per heavy atom. The summed E-state index contributed by atoms with van der Waals surface area (Å²) in [7, 11) is 0. The lowest BCUT2D eigenvalue weighted by Crippen LogP contribution is -2.27. The van der Waals surface area contributed by atoms with Crippen molar-refractivity contribution in [3.05, 3.63) is 42.2 Å². The van der Waals surface area contributed by atoms with Crippen LogP contribution in [-0.4, -0.2) is 60.8 Å². The van der Waals surface area contributed by atoms with Gasteiger partial charge in [-0.05, 0) is 25.2 Å². The Hall–Kier alpha value is -3.20. The fraction of sp³-hybridized carbons (Fsp3) is 0.368. The van der Waals surface area contributed by atoms with Crippen LogP contribution in [0.3, 0.4) is 0 Å². The minimum atomic E-state index is -1.02. The smallest absolute Gasteiger partial charge is 0.325 e. The Balaban J connectivity index is 1.83. The first-order valence-corrected chi connectivity index (χ1v) is 9.25. The van der Waals surface area contributed by atoms with E-state index in [4.69, 9.17) is 5.11 Å². The van der Waals surface area contributed by atoms with Gasteiger partial charge in [0.1, 0.15) is 6.54 Å². The molecule has 0 aliphatic carbocycles. The summed E-state index contributed by atoms with van der Waals surface area (Å²) in [6, 6.07) is 7.74. The van der Waals surface area contributed by atoms with Gasteiger partial charge in [-0.2, -0.15) is 5.10 Å². The molecule has 0 unspecified atom stereocenters. The largest absolute Gasteiger partial charge is 0.480 e. The lowest BCUT2D eigenvalue weighted by molar-refractivity contribution is -0.137. The molecule has 3 rings (SSSR count). The van der Waals surface area contributed by atoms with Crippen LogP contribution in [0.15, 0.2) is 36.7 Å². The van der Waals surface area contributed by atoms with Gasteiger partial charge in [0, 0.05) is 19.3 Å². The standard InChI is InChI=1S/C19H24N6O3/c1-3-23(4-2)9-10-25-16-8-6-5-7-15(16)21-19(25)22-18(28)14-11-20-24(12-14)13-17(26)27/h5-8,11-12H,3-4,9-10,13H2,1-2H3,(H,26,27)(H,21,22,28). The predicted octanol–water partition coefficient (Wildman–Crippen LogP) is 1.91. The topological polar surface area (TPSA) is 105 Å². The predicted molar refractivity (Wildman–Crippen MR) is 105 cm³/mol. The number of anilines is 1. The molecule has 1 amide bonds. The molecule has 0 aliphatic heterocycles. The zero-order valence-corrected chi connectivity index (χ0v) is 16.0. The van der Waals surface area contributed by atoms with Crippen LogP contribution in [-0.2, 0) is 17.9 Å². The van der Waals surface area contributed by atoms with Gasteiger partial charge in [0.05, 0.1) is 22.8 Å². The molecular formula is C19H24N6O3. The summed E-state index contributed by atoms with van der Waals surface area (Å²) in [4.78, 5) is 30.3. The number of rotatable bonds is 9. The second-order valence-corrected chi connectivity index (χ2v) is 6.38. The Bertz CT molecular complexity index is 973. The Morgan fingerprint density at radius 2 is 1.96 bits per heavy atom. The van der Waals surface area contributed by atoms with Gasteiger partial charge >= 0.3 is 5.97 Å². The maximum Gasteiger partial charge on any atom is 0.325 e. The summed E-state index contributed by atoms with van der Waals surface area (Å²) < 4.78 is 3.20. The molecule has 0 radical (unpaired) electrons. The van der Waals surface area contributed by atoms with E-state index in [1.807, 2.05) is 28.8 Å². The summed E-state index contributed by atoms with van der Waals surface area (Å²) in [5, 5.41) is 15.6. The van der Waals surface area contributed by atoms with Gasteiger partial charge in [-0.25, -0.2) is 4.98 Å². The second-order valence-electron chi connectivity index (χ2n) is 6.38. The number of carboxylic acids is 1. The third-order valence-corrected chi connectivity index (χ3v) is 4.61. The van der Waals surface area contributed by atoms with Crippen molar-refractivity contribution in [3.8, 4) is 0 Å². The number of hydrogen-bond acceptors (Lipinski definition) is 5. The van der Waals surface area contributed by atoms with Crippen molar-refractivity contribution in [1.29, 1.82) is 0 Å². The number of nitrogens with one attached hydrogen (secondary N) is 1. The van der Waals surface area contributed by atoms with Gasteiger partial charge in [0.25, 0.3) is 5.91 Å². The molecule has 0 bridgehead atoms. The number of carboxylic acid groups (broad SMARTS) is 1. The van der Waals surface area contributed by atoms with E-state index in [-0.39, 0.29) is 18.0 Å². The van der Waals surface area contributed by atoms with Crippen molar-refractivity contribution in [2.24, 2.45) is 0 Å². The highest BCUT2D eigenvalue weighted by molar-refractivity contribution is 6.03. The van der Waals surface area contributed by atoms with E-state index in [0.29, 0.717) is 12.5 Å². The van der Waals surface area contributed by atoms with Crippen LogP contribution in [0.4, 0.5) is 5.95 Å². The second kappa shape index (κ2) is 8.66. The lowest BCUT2D eigenvalue weighted by atomic mass is 10.3. The van der Waals surface area contributed by atoms with E-state index in [1.165, 1.54) is 17.1 Å². The number of fused-ring (bicyclic) bond motifs is 1. The highest BCUT2D eigenvalue weighted by atomic mass is 16.4. The zero-order valence-electron chi connectivity index (χ0n) is 16.0. The van der Waals surface area contributed by atoms with Gasteiger partial charge in [0.2, 0.25) is 5.95 Å². The van der Waals surface area contributed by atoms with Crippen molar-refractivity contribution < 1.29 is 14.7 Å². The van der Waals surface area contributed by atoms with Crippen LogP contribution in [0, 0.1) is 0 Å². The Kier molecular flexibility index (Phi) is 6.05. The molecule has 9 heteroatoms. The average molecular weight is 384 g/mol. The normalized spacial score (nSPS) is 11.2. The summed E-state index contributed by atoms with van der Waals surface area (Å²) in [6.45, 7) is 7.37. The van der Waals surface area contributed by atoms with E-state index >= 15 is 0 Å². The van der Waals surface area contributed by atoms with Crippen LogP contribution >= 0.6 is 0 Å². The molecular weight excluding hydrogens is 360 g/mol. The number of imidazole rings is 1. The number of carbonyl (C=O) groups is 2. The number of carbonyl (C=O) groups excluding carboxylic acids is 1. The molecule has 0 spiro atoms. The minimum Gasteiger partial charge on any atom is -0.480 e. The van der Waals surface area contributed by atoms with E-state index in [2.05, 4.69) is 34.1 Å². The highest BCUT2D eigenvalue weighted by Gasteiger charge is 2.16. The van der Waals surface area contributed by atoms with Crippen LogP contribution in [0.1, 0.15) is 24.2 Å². The molecule has 3 aromatic rings. The fourth-order valence-electron chi connectivity index (χ4n) is 3.06. The van der Waals surface area contributed by atoms with Crippen molar-refractivity contribution in [2.45, 2.75) is 26.9 Å². The molecule has 0 atom stereocenters. The number of aliphatic carboxylic acids is 1. The summed E-state index contributed by atoms with van der Waals surface area (Å²) in [6.07, 6.45) is 2.76. The molecule has 28 heavy (non-hydrogen) atoms. The first kappa shape index (κ1) is 19.6. The van der Waals surface area contributed by atoms with E-state index in [0.717, 1.165) is 30.7 Å². The highest BCUT2D eigenvalue weighted by Crippen LogP contribution is 2.20. The number of nitrogens with zero attached hydrogens (tertiary/aromatic N) is 5. The third kappa shape index (κ3) is 4.37. The number of likely N-dealkylation sites (N-methyl/N-ethyl adjacent to an activating group) is 1. The number of amides is 1. The van der Waals surface area contributed by atoms with Gasteiger partial charge in [-0.15, -0.1) is 0 Å². The van der Waals surface area contributed by atoms with Crippen LogP contribution in [0.5, 0.6) is 0 Å².